The van der Waals surface area contributed by atoms with Gasteiger partial charge in [-0.1, -0.05) is 50.1 Å². The van der Waals surface area contributed by atoms with Crippen LogP contribution in [0.3, 0.4) is 0 Å². The van der Waals surface area contributed by atoms with E-state index in [1.54, 1.807) is 0 Å². The van der Waals surface area contributed by atoms with Crippen molar-refractivity contribution < 1.29 is 0 Å². The van der Waals surface area contributed by atoms with Crippen LogP contribution in [0.25, 0.3) is 0 Å². The van der Waals surface area contributed by atoms with Gasteiger partial charge in [0.05, 0.1) is 0 Å². The number of rotatable bonds is 8. The highest BCUT2D eigenvalue weighted by Crippen LogP contribution is 2.18. The zero-order chi connectivity index (χ0) is 13.4. The third-order valence-corrected chi connectivity index (χ3v) is 3.62. The van der Waals surface area contributed by atoms with E-state index in [0.29, 0.717) is 6.04 Å². The van der Waals surface area contributed by atoms with Crippen molar-refractivity contribution >= 4 is 11.6 Å². The van der Waals surface area contributed by atoms with Gasteiger partial charge in [-0.2, -0.15) is 0 Å². The summed E-state index contributed by atoms with van der Waals surface area (Å²) in [6.45, 7) is 7.38. The molecule has 0 aromatic heterocycles. The SMILES string of the molecule is CCCC(CNCC)N(C)Cc1ccccc1Cl. The van der Waals surface area contributed by atoms with Gasteiger partial charge in [0.2, 0.25) is 0 Å². The monoisotopic (exact) mass is 268 g/mol. The largest absolute Gasteiger partial charge is 0.315 e. The van der Waals surface area contributed by atoms with Gasteiger partial charge in [0.15, 0.2) is 0 Å². The fourth-order valence-corrected chi connectivity index (χ4v) is 2.34. The van der Waals surface area contributed by atoms with Crippen LogP contribution in [0.1, 0.15) is 32.3 Å². The smallest absolute Gasteiger partial charge is 0.0451 e. The molecule has 0 aliphatic heterocycles. The molecule has 0 spiro atoms. The van der Waals surface area contributed by atoms with Crippen LogP contribution in [0.2, 0.25) is 5.02 Å². The molecule has 0 saturated carbocycles. The van der Waals surface area contributed by atoms with Crippen LogP contribution < -0.4 is 5.32 Å². The predicted octanol–water partition coefficient (Wildman–Crippen LogP) is 3.55. The first kappa shape index (κ1) is 15.5. The van der Waals surface area contributed by atoms with E-state index < -0.39 is 0 Å². The second-order valence-corrected chi connectivity index (χ2v) is 5.16. The number of nitrogens with zero attached hydrogens (tertiary/aromatic N) is 1. The molecular formula is C15H25ClN2. The summed E-state index contributed by atoms with van der Waals surface area (Å²) in [5.41, 5.74) is 1.21. The summed E-state index contributed by atoms with van der Waals surface area (Å²) in [4.78, 5) is 2.40. The lowest BCUT2D eigenvalue weighted by atomic mass is 10.1. The predicted molar refractivity (Wildman–Crippen MR) is 80.2 cm³/mol. The fraction of sp³-hybridized carbons (Fsp3) is 0.600. The van der Waals surface area contributed by atoms with E-state index in [4.69, 9.17) is 11.6 Å². The Bertz CT molecular complexity index is 341. The van der Waals surface area contributed by atoms with E-state index in [-0.39, 0.29) is 0 Å². The van der Waals surface area contributed by atoms with Crippen LogP contribution in [-0.4, -0.2) is 31.1 Å². The van der Waals surface area contributed by atoms with Crippen LogP contribution in [0.4, 0.5) is 0 Å². The Kier molecular flexibility index (Phi) is 7.33. The summed E-state index contributed by atoms with van der Waals surface area (Å²) >= 11 is 6.21. The minimum absolute atomic E-state index is 0.575. The number of nitrogens with one attached hydrogen (secondary N) is 1. The molecule has 0 aliphatic rings. The summed E-state index contributed by atoms with van der Waals surface area (Å²) in [6.07, 6.45) is 2.43. The molecule has 1 atom stereocenters. The van der Waals surface area contributed by atoms with Gasteiger partial charge in [-0.25, -0.2) is 0 Å². The second kappa shape index (κ2) is 8.52. The Morgan fingerprint density at radius 3 is 2.61 bits per heavy atom. The van der Waals surface area contributed by atoms with Gasteiger partial charge in [-0.15, -0.1) is 0 Å². The van der Waals surface area contributed by atoms with E-state index in [1.165, 1.54) is 18.4 Å². The third-order valence-electron chi connectivity index (χ3n) is 3.25. The average molecular weight is 269 g/mol. The molecule has 1 aromatic carbocycles. The van der Waals surface area contributed by atoms with Gasteiger partial charge >= 0.3 is 0 Å². The summed E-state index contributed by atoms with van der Waals surface area (Å²) in [7, 11) is 2.18. The third kappa shape index (κ3) is 4.97. The molecule has 0 heterocycles. The molecule has 102 valence electrons. The van der Waals surface area contributed by atoms with E-state index in [9.17, 15) is 0 Å². The van der Waals surface area contributed by atoms with Crippen LogP contribution in [0.15, 0.2) is 24.3 Å². The Hall–Kier alpha value is -0.570. The molecule has 0 bridgehead atoms. The highest BCUT2D eigenvalue weighted by Gasteiger charge is 2.14. The lowest BCUT2D eigenvalue weighted by Gasteiger charge is -2.28. The number of hydrogen-bond acceptors (Lipinski definition) is 2. The van der Waals surface area contributed by atoms with Gasteiger partial charge in [-0.3, -0.25) is 4.90 Å². The maximum Gasteiger partial charge on any atom is 0.0451 e. The molecule has 3 heteroatoms. The molecule has 0 aliphatic carbocycles. The summed E-state index contributed by atoms with van der Waals surface area (Å²) in [6, 6.07) is 8.67. The summed E-state index contributed by atoms with van der Waals surface area (Å²) in [5, 5.41) is 4.30. The molecule has 0 amide bonds. The minimum atomic E-state index is 0.575. The van der Waals surface area contributed by atoms with Gasteiger partial charge in [0, 0.05) is 24.2 Å². The Morgan fingerprint density at radius 1 is 1.28 bits per heavy atom. The molecule has 0 radical (unpaired) electrons. The molecule has 1 N–H and O–H groups in total. The van der Waals surface area contributed by atoms with Gasteiger partial charge in [0.25, 0.3) is 0 Å². The molecule has 1 aromatic rings. The maximum absolute atomic E-state index is 6.21. The highest BCUT2D eigenvalue weighted by atomic mass is 35.5. The lowest BCUT2D eigenvalue weighted by Crippen LogP contribution is -2.39. The molecule has 1 unspecified atom stereocenters. The molecule has 18 heavy (non-hydrogen) atoms. The summed E-state index contributed by atoms with van der Waals surface area (Å²) < 4.78 is 0. The molecule has 0 saturated heterocycles. The number of hydrogen-bond donors (Lipinski definition) is 1. The number of likely N-dealkylation sites (N-methyl/N-ethyl adjacent to an activating group) is 2. The quantitative estimate of drug-likeness (QED) is 0.776. The van der Waals surface area contributed by atoms with Crippen molar-refractivity contribution in [3.8, 4) is 0 Å². The van der Waals surface area contributed by atoms with Crippen molar-refractivity contribution in [2.75, 3.05) is 20.1 Å². The maximum atomic E-state index is 6.21. The zero-order valence-corrected chi connectivity index (χ0v) is 12.5. The Morgan fingerprint density at radius 2 is 2.00 bits per heavy atom. The van der Waals surface area contributed by atoms with E-state index in [1.807, 2.05) is 18.2 Å². The molecular weight excluding hydrogens is 244 g/mol. The standard InChI is InChI=1S/C15H25ClN2/c1-4-8-14(11-17-5-2)18(3)12-13-9-6-7-10-15(13)16/h6-7,9-10,14,17H,4-5,8,11-12H2,1-3H3. The van der Waals surface area contributed by atoms with Crippen molar-refractivity contribution in [1.29, 1.82) is 0 Å². The van der Waals surface area contributed by atoms with Gasteiger partial charge in [0.1, 0.15) is 0 Å². The van der Waals surface area contributed by atoms with Crippen molar-refractivity contribution in [1.82, 2.24) is 10.2 Å². The molecule has 2 nitrogen and oxygen atoms in total. The first-order valence-corrected chi connectivity index (χ1v) is 7.21. The normalized spacial score (nSPS) is 12.9. The Labute approximate surface area is 116 Å². The Balaban J connectivity index is 2.60. The minimum Gasteiger partial charge on any atom is -0.315 e. The zero-order valence-electron chi connectivity index (χ0n) is 11.7. The topological polar surface area (TPSA) is 15.3 Å². The number of benzene rings is 1. The highest BCUT2D eigenvalue weighted by molar-refractivity contribution is 6.31. The van der Waals surface area contributed by atoms with Crippen molar-refractivity contribution in [2.45, 2.75) is 39.3 Å². The molecule has 0 fully saturated rings. The van der Waals surface area contributed by atoms with Crippen molar-refractivity contribution in [2.24, 2.45) is 0 Å². The van der Waals surface area contributed by atoms with Gasteiger partial charge < -0.3 is 5.32 Å². The van der Waals surface area contributed by atoms with Gasteiger partial charge in [-0.05, 0) is 31.6 Å². The van der Waals surface area contributed by atoms with Crippen LogP contribution in [0, 0.1) is 0 Å². The van der Waals surface area contributed by atoms with E-state index >= 15 is 0 Å². The second-order valence-electron chi connectivity index (χ2n) is 4.76. The van der Waals surface area contributed by atoms with E-state index in [0.717, 1.165) is 24.7 Å². The first-order valence-electron chi connectivity index (χ1n) is 6.83. The van der Waals surface area contributed by atoms with Crippen LogP contribution in [-0.2, 0) is 6.54 Å². The average Bonchev–Trinajstić information content (AvgIpc) is 2.37. The fourth-order valence-electron chi connectivity index (χ4n) is 2.15. The molecule has 1 rings (SSSR count). The number of halogens is 1. The van der Waals surface area contributed by atoms with Crippen molar-refractivity contribution in [3.63, 3.8) is 0 Å². The summed E-state index contributed by atoms with van der Waals surface area (Å²) in [5.74, 6) is 0. The van der Waals surface area contributed by atoms with Crippen LogP contribution >= 0.6 is 11.6 Å². The van der Waals surface area contributed by atoms with Crippen LogP contribution in [0.5, 0.6) is 0 Å². The van der Waals surface area contributed by atoms with Crippen molar-refractivity contribution in [3.05, 3.63) is 34.9 Å². The lowest BCUT2D eigenvalue weighted by molar-refractivity contribution is 0.216. The first-order chi connectivity index (χ1) is 8.69. The van der Waals surface area contributed by atoms with E-state index in [2.05, 4.69) is 37.2 Å².